The van der Waals surface area contributed by atoms with E-state index in [9.17, 15) is 0 Å². The normalized spacial score (nSPS) is 20.6. The first-order valence-electron chi connectivity index (χ1n) is 11.4. The highest BCUT2D eigenvalue weighted by Gasteiger charge is 2.31. The van der Waals surface area contributed by atoms with Crippen LogP contribution in [0.25, 0.3) is 0 Å². The summed E-state index contributed by atoms with van der Waals surface area (Å²) in [5, 5.41) is 0. The average molecular weight is 390 g/mol. The maximum Gasteiger partial charge on any atom is 0.205 e. The van der Waals surface area contributed by atoms with E-state index in [0.717, 1.165) is 4.48 Å². The van der Waals surface area contributed by atoms with Crippen molar-refractivity contribution in [2.75, 3.05) is 20.1 Å². The van der Waals surface area contributed by atoms with Crippen LogP contribution >= 0.6 is 0 Å². The van der Waals surface area contributed by atoms with Gasteiger partial charge in [0.05, 0.1) is 19.7 Å². The highest BCUT2D eigenvalue weighted by molar-refractivity contribution is 6.48. The van der Waals surface area contributed by atoms with Crippen LogP contribution in [-0.4, -0.2) is 39.8 Å². The molecule has 0 bridgehead atoms. The monoisotopic (exact) mass is 389 g/mol. The molecule has 0 amide bonds. The minimum atomic E-state index is -0.636. The van der Waals surface area contributed by atoms with Crippen molar-refractivity contribution in [1.29, 1.82) is 0 Å². The van der Waals surface area contributed by atoms with Crippen LogP contribution in [0.4, 0.5) is 0 Å². The summed E-state index contributed by atoms with van der Waals surface area (Å²) in [5.74, 6) is 0. The number of likely N-dealkylation sites (N-methyl/N-ethyl adjacent to an activating group) is 1. The minimum Gasteiger partial charge on any atom is -0.409 e. The molecule has 0 saturated carbocycles. The number of quaternary nitrogens is 1. The number of rotatable bonds is 13. The van der Waals surface area contributed by atoms with Crippen LogP contribution in [0.5, 0.6) is 0 Å². The van der Waals surface area contributed by atoms with E-state index >= 15 is 0 Å². The van der Waals surface area contributed by atoms with Crippen LogP contribution in [0.3, 0.4) is 0 Å². The van der Waals surface area contributed by atoms with Gasteiger partial charge < -0.3 is 8.91 Å². The van der Waals surface area contributed by atoms with Gasteiger partial charge in [-0.15, -0.1) is 0 Å². The molecule has 2 rings (SSSR count). The summed E-state index contributed by atoms with van der Waals surface area (Å²) in [4.78, 5) is 0. The molecule has 0 saturated heterocycles. The van der Waals surface area contributed by atoms with Gasteiger partial charge in [-0.05, 0) is 25.1 Å². The predicted octanol–water partition coefficient (Wildman–Crippen LogP) is 6.36. The lowest BCUT2D eigenvalue weighted by atomic mass is 9.97. The standard InChI is InChI=1S/C24H43NOSi/c1-5-6-7-8-9-10-11-12-17-24(26-27(3)4)21-25(2)19-18-22-15-13-14-16-23(22)20-25/h13-16,24H,5-12,17-21H2,1-4H3/q+1. The number of hydrogen-bond acceptors (Lipinski definition) is 1. The molecule has 0 N–H and O–H groups in total. The van der Waals surface area contributed by atoms with Crippen LogP contribution in [0.15, 0.2) is 24.3 Å². The lowest BCUT2D eigenvalue weighted by molar-refractivity contribution is -0.927. The van der Waals surface area contributed by atoms with Crippen molar-refractivity contribution in [2.45, 2.75) is 96.9 Å². The number of fused-ring (bicyclic) bond motifs is 1. The zero-order valence-corrected chi connectivity index (χ0v) is 19.4. The van der Waals surface area contributed by atoms with Crippen LogP contribution in [0.2, 0.25) is 13.1 Å². The first-order valence-corrected chi connectivity index (χ1v) is 13.8. The number of unbranched alkanes of at least 4 members (excludes halogenated alkanes) is 7. The second-order valence-electron chi connectivity index (χ2n) is 9.11. The molecule has 0 fully saturated rings. The average Bonchev–Trinajstić information content (AvgIpc) is 2.63. The Balaban J connectivity index is 1.77. The van der Waals surface area contributed by atoms with Crippen LogP contribution in [0, 0.1) is 0 Å². The molecule has 1 aliphatic rings. The van der Waals surface area contributed by atoms with E-state index < -0.39 is 9.04 Å². The fourth-order valence-corrected chi connectivity index (χ4v) is 5.37. The molecule has 27 heavy (non-hydrogen) atoms. The quantitative estimate of drug-likeness (QED) is 0.217. The summed E-state index contributed by atoms with van der Waals surface area (Å²) >= 11 is 0. The third-order valence-electron chi connectivity index (χ3n) is 6.02. The first-order chi connectivity index (χ1) is 13.0. The van der Waals surface area contributed by atoms with E-state index in [0.29, 0.717) is 6.10 Å². The molecular formula is C24H43NOSi+. The van der Waals surface area contributed by atoms with Crippen molar-refractivity contribution >= 4 is 9.04 Å². The number of benzene rings is 1. The van der Waals surface area contributed by atoms with E-state index in [1.54, 1.807) is 11.1 Å². The summed E-state index contributed by atoms with van der Waals surface area (Å²) in [5.41, 5.74) is 3.11. The number of nitrogens with zero attached hydrogens (tertiary/aromatic N) is 1. The Morgan fingerprint density at radius 1 is 0.963 bits per heavy atom. The highest BCUT2D eigenvalue weighted by Crippen LogP contribution is 2.25. The van der Waals surface area contributed by atoms with Gasteiger partial charge in [-0.1, -0.05) is 82.6 Å². The maximum atomic E-state index is 6.45. The van der Waals surface area contributed by atoms with E-state index in [4.69, 9.17) is 4.43 Å². The Hall–Kier alpha value is -0.643. The van der Waals surface area contributed by atoms with Gasteiger partial charge in [0.25, 0.3) is 0 Å². The number of hydrogen-bond donors (Lipinski definition) is 0. The summed E-state index contributed by atoms with van der Waals surface area (Å²) in [7, 11) is 1.81. The molecule has 1 aromatic carbocycles. The van der Waals surface area contributed by atoms with Gasteiger partial charge in [0.1, 0.15) is 13.1 Å². The Morgan fingerprint density at radius 2 is 1.59 bits per heavy atom. The van der Waals surface area contributed by atoms with Gasteiger partial charge >= 0.3 is 0 Å². The first kappa shape index (κ1) is 22.6. The largest absolute Gasteiger partial charge is 0.409 e. The van der Waals surface area contributed by atoms with Crippen molar-refractivity contribution in [2.24, 2.45) is 0 Å². The van der Waals surface area contributed by atoms with Crippen molar-refractivity contribution in [3.8, 4) is 0 Å². The summed E-state index contributed by atoms with van der Waals surface area (Å²) in [6.07, 6.45) is 14.1. The second-order valence-corrected chi connectivity index (χ2v) is 11.2. The van der Waals surface area contributed by atoms with Crippen molar-refractivity contribution in [3.05, 3.63) is 35.4 Å². The molecule has 2 nitrogen and oxygen atoms in total. The Bertz CT molecular complexity index is 533. The van der Waals surface area contributed by atoms with E-state index in [-0.39, 0.29) is 0 Å². The zero-order chi connectivity index (χ0) is 19.5. The van der Waals surface area contributed by atoms with Crippen molar-refractivity contribution in [3.63, 3.8) is 0 Å². The molecule has 3 heteroatoms. The Morgan fingerprint density at radius 3 is 2.26 bits per heavy atom. The molecule has 0 aromatic heterocycles. The van der Waals surface area contributed by atoms with E-state index in [1.165, 1.54) is 83.8 Å². The smallest absolute Gasteiger partial charge is 0.205 e. The molecule has 1 aromatic rings. The summed E-state index contributed by atoms with van der Waals surface area (Å²) in [6.45, 7) is 10.5. The third-order valence-corrected chi connectivity index (χ3v) is 6.82. The Labute approximate surface area is 170 Å². The molecular weight excluding hydrogens is 346 g/mol. The molecule has 1 heterocycles. The molecule has 1 radical (unpaired) electrons. The van der Waals surface area contributed by atoms with Gasteiger partial charge in [-0.2, -0.15) is 0 Å². The zero-order valence-electron chi connectivity index (χ0n) is 18.4. The molecule has 2 atom stereocenters. The van der Waals surface area contributed by atoms with Crippen LogP contribution in [0.1, 0.15) is 75.8 Å². The van der Waals surface area contributed by atoms with Crippen molar-refractivity contribution in [1.82, 2.24) is 0 Å². The SMILES string of the molecule is CCCCCCCCCCC(C[N+]1(C)CCc2ccccc2C1)O[Si](C)C. The fourth-order valence-electron chi connectivity index (χ4n) is 4.51. The van der Waals surface area contributed by atoms with Crippen LogP contribution < -0.4 is 0 Å². The van der Waals surface area contributed by atoms with Gasteiger partial charge in [0, 0.05) is 12.0 Å². The second kappa shape index (κ2) is 12.0. The van der Waals surface area contributed by atoms with Gasteiger partial charge in [0.15, 0.2) is 0 Å². The Kier molecular flexibility index (Phi) is 10.1. The molecule has 153 valence electrons. The van der Waals surface area contributed by atoms with Crippen LogP contribution in [-0.2, 0) is 17.4 Å². The maximum absolute atomic E-state index is 6.45. The summed E-state index contributed by atoms with van der Waals surface area (Å²) < 4.78 is 7.60. The predicted molar refractivity (Wildman–Crippen MR) is 119 cm³/mol. The lowest BCUT2D eigenvalue weighted by Crippen LogP contribution is -2.52. The lowest BCUT2D eigenvalue weighted by Gasteiger charge is -2.41. The highest BCUT2D eigenvalue weighted by atomic mass is 28.3. The van der Waals surface area contributed by atoms with Gasteiger partial charge in [0.2, 0.25) is 9.04 Å². The molecule has 2 unspecified atom stereocenters. The third kappa shape index (κ3) is 8.49. The molecule has 0 spiro atoms. The van der Waals surface area contributed by atoms with Crippen molar-refractivity contribution < 1.29 is 8.91 Å². The van der Waals surface area contributed by atoms with E-state index in [2.05, 4.69) is 51.3 Å². The molecule has 1 aliphatic heterocycles. The topological polar surface area (TPSA) is 9.23 Å². The minimum absolute atomic E-state index is 0.448. The summed E-state index contributed by atoms with van der Waals surface area (Å²) in [6, 6.07) is 9.02. The van der Waals surface area contributed by atoms with Gasteiger partial charge in [-0.3, -0.25) is 0 Å². The molecule has 0 aliphatic carbocycles. The van der Waals surface area contributed by atoms with Gasteiger partial charge in [-0.25, -0.2) is 0 Å². The fraction of sp³-hybridized carbons (Fsp3) is 0.750. The van der Waals surface area contributed by atoms with E-state index in [1.807, 2.05) is 0 Å².